The van der Waals surface area contributed by atoms with Crippen molar-refractivity contribution in [2.75, 3.05) is 6.54 Å². The second-order valence-electron chi connectivity index (χ2n) is 7.42. The number of para-hydroxylation sites is 1. The smallest absolute Gasteiger partial charge is 0.137 e. The van der Waals surface area contributed by atoms with Crippen LogP contribution in [0.1, 0.15) is 48.1 Å². The van der Waals surface area contributed by atoms with Gasteiger partial charge in [0.25, 0.3) is 0 Å². The van der Waals surface area contributed by atoms with Crippen molar-refractivity contribution in [3.63, 3.8) is 0 Å². The summed E-state index contributed by atoms with van der Waals surface area (Å²) in [6, 6.07) is 10.0. The van der Waals surface area contributed by atoms with Gasteiger partial charge < -0.3 is 0 Å². The zero-order chi connectivity index (χ0) is 19.0. The molecule has 27 heavy (non-hydrogen) atoms. The number of benzene rings is 1. The maximum atomic E-state index is 6.69. The van der Waals surface area contributed by atoms with E-state index in [4.69, 9.17) is 16.6 Å². The third-order valence-electron chi connectivity index (χ3n) is 5.05. The quantitative estimate of drug-likeness (QED) is 0.675. The summed E-state index contributed by atoms with van der Waals surface area (Å²) in [7, 11) is 0. The molecule has 0 saturated heterocycles. The van der Waals surface area contributed by atoms with Crippen LogP contribution in [-0.2, 0) is 19.5 Å². The summed E-state index contributed by atoms with van der Waals surface area (Å²) in [6.45, 7) is 8.88. The molecule has 3 heterocycles. The monoisotopic (exact) mass is 381 g/mol. The largest absolute Gasteiger partial charge is 0.294 e. The van der Waals surface area contributed by atoms with Gasteiger partial charge in [0.2, 0.25) is 0 Å². The molecule has 0 amide bonds. The standard InChI is InChI=1S/C21H24ClN5/c1-14(2)21-23-11-16-12-26(10-9-19(16)24-21)13-18-15(3)25-27(20(18)22)17-7-5-4-6-8-17/h4-8,11,14H,9-10,12-13H2,1-3H3. The number of rotatable bonds is 4. The van der Waals surface area contributed by atoms with Crippen LogP contribution in [0.15, 0.2) is 36.5 Å². The first-order chi connectivity index (χ1) is 13.0. The molecule has 0 fully saturated rings. The topological polar surface area (TPSA) is 46.8 Å². The normalized spacial score (nSPS) is 14.6. The Morgan fingerprint density at radius 1 is 1.19 bits per heavy atom. The van der Waals surface area contributed by atoms with Crippen molar-refractivity contribution in [3.05, 3.63) is 70.0 Å². The Morgan fingerprint density at radius 3 is 2.70 bits per heavy atom. The van der Waals surface area contributed by atoms with Crippen molar-refractivity contribution in [2.24, 2.45) is 0 Å². The molecule has 0 spiro atoms. The van der Waals surface area contributed by atoms with E-state index in [-0.39, 0.29) is 0 Å². The molecule has 6 heteroatoms. The van der Waals surface area contributed by atoms with Crippen molar-refractivity contribution in [1.29, 1.82) is 0 Å². The van der Waals surface area contributed by atoms with E-state index >= 15 is 0 Å². The molecule has 3 aromatic rings. The molecule has 1 aromatic carbocycles. The first kappa shape index (κ1) is 18.1. The van der Waals surface area contributed by atoms with Gasteiger partial charge in [0.15, 0.2) is 0 Å². The van der Waals surface area contributed by atoms with E-state index in [9.17, 15) is 0 Å². The van der Waals surface area contributed by atoms with E-state index in [1.165, 1.54) is 11.3 Å². The van der Waals surface area contributed by atoms with Crippen LogP contribution in [0.3, 0.4) is 0 Å². The number of hydrogen-bond donors (Lipinski definition) is 0. The fourth-order valence-electron chi connectivity index (χ4n) is 3.48. The van der Waals surface area contributed by atoms with Crippen LogP contribution in [0, 0.1) is 6.92 Å². The van der Waals surface area contributed by atoms with Crippen molar-refractivity contribution in [1.82, 2.24) is 24.6 Å². The van der Waals surface area contributed by atoms with Gasteiger partial charge in [-0.3, -0.25) is 4.90 Å². The second-order valence-corrected chi connectivity index (χ2v) is 7.78. The maximum Gasteiger partial charge on any atom is 0.137 e. The summed E-state index contributed by atoms with van der Waals surface area (Å²) in [5.74, 6) is 1.30. The Labute approximate surface area is 165 Å². The highest BCUT2D eigenvalue weighted by atomic mass is 35.5. The predicted molar refractivity (Wildman–Crippen MR) is 107 cm³/mol. The second kappa shape index (κ2) is 7.41. The lowest BCUT2D eigenvalue weighted by atomic mass is 10.1. The minimum atomic E-state index is 0.360. The number of nitrogens with zero attached hydrogens (tertiary/aromatic N) is 5. The Bertz CT molecular complexity index is 949. The molecule has 0 N–H and O–H groups in total. The lowest BCUT2D eigenvalue weighted by Crippen LogP contribution is -2.31. The number of hydrogen-bond acceptors (Lipinski definition) is 4. The summed E-state index contributed by atoms with van der Waals surface area (Å²) >= 11 is 6.69. The molecule has 5 nitrogen and oxygen atoms in total. The third-order valence-corrected chi connectivity index (χ3v) is 5.44. The summed E-state index contributed by atoms with van der Waals surface area (Å²) in [5.41, 5.74) is 5.45. The third kappa shape index (κ3) is 3.62. The maximum absolute atomic E-state index is 6.69. The molecule has 0 radical (unpaired) electrons. The lowest BCUT2D eigenvalue weighted by molar-refractivity contribution is 0.242. The van der Waals surface area contributed by atoms with E-state index in [1.54, 1.807) is 0 Å². The van der Waals surface area contributed by atoms with Gasteiger partial charge in [-0.2, -0.15) is 5.10 Å². The number of halogens is 1. The minimum absolute atomic E-state index is 0.360. The molecular formula is C21H24ClN5. The average Bonchev–Trinajstić information content (AvgIpc) is 2.96. The lowest BCUT2D eigenvalue weighted by Gasteiger charge is -2.28. The number of aryl methyl sites for hydroxylation is 1. The summed E-state index contributed by atoms with van der Waals surface area (Å²) in [4.78, 5) is 11.7. The molecule has 140 valence electrons. The van der Waals surface area contributed by atoms with Crippen LogP contribution in [0.25, 0.3) is 5.69 Å². The van der Waals surface area contributed by atoms with Crippen LogP contribution in [-0.4, -0.2) is 31.2 Å². The molecule has 1 aliphatic rings. The molecule has 0 unspecified atom stereocenters. The molecule has 1 aliphatic heterocycles. The molecule has 2 aromatic heterocycles. The van der Waals surface area contributed by atoms with Crippen LogP contribution in [0.2, 0.25) is 5.15 Å². The van der Waals surface area contributed by atoms with E-state index in [1.807, 2.05) is 48.1 Å². The van der Waals surface area contributed by atoms with Gasteiger partial charge in [-0.05, 0) is 19.1 Å². The molecule has 0 bridgehead atoms. The fourth-order valence-corrected chi connectivity index (χ4v) is 3.81. The Kier molecular flexibility index (Phi) is 4.98. The van der Waals surface area contributed by atoms with Crippen molar-refractivity contribution in [2.45, 2.75) is 46.2 Å². The molecule has 0 aliphatic carbocycles. The van der Waals surface area contributed by atoms with Crippen molar-refractivity contribution < 1.29 is 0 Å². The average molecular weight is 382 g/mol. The van der Waals surface area contributed by atoms with Crippen molar-refractivity contribution in [3.8, 4) is 5.69 Å². The zero-order valence-corrected chi connectivity index (χ0v) is 16.7. The van der Waals surface area contributed by atoms with Crippen LogP contribution >= 0.6 is 11.6 Å². The van der Waals surface area contributed by atoms with Gasteiger partial charge >= 0.3 is 0 Å². The summed E-state index contributed by atoms with van der Waals surface area (Å²) in [5, 5.41) is 5.35. The van der Waals surface area contributed by atoms with Gasteiger partial charge in [-0.25, -0.2) is 14.6 Å². The van der Waals surface area contributed by atoms with E-state index in [0.29, 0.717) is 11.1 Å². The number of fused-ring (bicyclic) bond motifs is 1. The van der Waals surface area contributed by atoms with Crippen LogP contribution in [0.4, 0.5) is 0 Å². The molecular weight excluding hydrogens is 358 g/mol. The van der Waals surface area contributed by atoms with Gasteiger partial charge in [0.1, 0.15) is 11.0 Å². The Morgan fingerprint density at radius 2 is 1.96 bits per heavy atom. The highest BCUT2D eigenvalue weighted by molar-refractivity contribution is 6.30. The van der Waals surface area contributed by atoms with Crippen molar-refractivity contribution >= 4 is 11.6 Å². The van der Waals surface area contributed by atoms with Crippen LogP contribution in [0.5, 0.6) is 0 Å². The van der Waals surface area contributed by atoms with E-state index in [2.05, 4.69) is 28.8 Å². The number of aromatic nitrogens is 4. The summed E-state index contributed by atoms with van der Waals surface area (Å²) < 4.78 is 1.82. The summed E-state index contributed by atoms with van der Waals surface area (Å²) in [6.07, 6.45) is 2.94. The predicted octanol–water partition coefficient (Wildman–Crippen LogP) is 4.31. The van der Waals surface area contributed by atoms with Gasteiger partial charge in [-0.15, -0.1) is 0 Å². The molecule has 4 rings (SSSR count). The van der Waals surface area contributed by atoms with Gasteiger partial charge in [0, 0.05) is 55.0 Å². The van der Waals surface area contributed by atoms with E-state index < -0.39 is 0 Å². The van der Waals surface area contributed by atoms with Gasteiger partial charge in [0.05, 0.1) is 11.4 Å². The Balaban J connectivity index is 1.55. The fraction of sp³-hybridized carbons (Fsp3) is 0.381. The molecule has 0 saturated carbocycles. The van der Waals surface area contributed by atoms with Crippen LogP contribution < -0.4 is 0 Å². The highest BCUT2D eigenvalue weighted by Gasteiger charge is 2.22. The van der Waals surface area contributed by atoms with Gasteiger partial charge in [-0.1, -0.05) is 43.6 Å². The first-order valence-electron chi connectivity index (χ1n) is 9.39. The Hall–Kier alpha value is -2.24. The SMILES string of the molecule is Cc1nn(-c2ccccc2)c(Cl)c1CN1CCc2nc(C(C)C)ncc2C1. The van der Waals surface area contributed by atoms with E-state index in [0.717, 1.165) is 48.8 Å². The highest BCUT2D eigenvalue weighted by Crippen LogP contribution is 2.27. The zero-order valence-electron chi connectivity index (χ0n) is 16.0. The first-order valence-corrected chi connectivity index (χ1v) is 9.77. The molecule has 0 atom stereocenters. The minimum Gasteiger partial charge on any atom is -0.294 e.